The third-order valence-corrected chi connectivity index (χ3v) is 6.19. The summed E-state index contributed by atoms with van der Waals surface area (Å²) in [5, 5.41) is 0. The monoisotopic (exact) mass is 468 g/mol. The fourth-order valence-electron chi connectivity index (χ4n) is 4.68. The Labute approximate surface area is 193 Å². The first-order valence-corrected chi connectivity index (χ1v) is 10.8. The van der Waals surface area contributed by atoms with E-state index in [1.54, 1.807) is 64.0 Å². The molecule has 1 aliphatic heterocycles. The van der Waals surface area contributed by atoms with Gasteiger partial charge in [-0.1, -0.05) is 0 Å². The van der Waals surface area contributed by atoms with E-state index in [2.05, 4.69) is 0 Å². The van der Waals surface area contributed by atoms with E-state index in [1.807, 2.05) is 0 Å². The van der Waals surface area contributed by atoms with Gasteiger partial charge in [0.05, 0.1) is 38.1 Å². The molecule has 0 radical (unpaired) electrons. The Bertz CT molecular complexity index is 468. The second-order valence-electron chi connectivity index (χ2n) is 7.83. The molecule has 0 bridgehead atoms. The van der Waals surface area contributed by atoms with Gasteiger partial charge < -0.3 is 47.4 Å². The van der Waals surface area contributed by atoms with Crippen LogP contribution in [0, 0.1) is 5.92 Å². The van der Waals surface area contributed by atoms with Gasteiger partial charge in [-0.2, -0.15) is 0 Å². The molecule has 1 saturated heterocycles. The molecule has 0 N–H and O–H groups in total. The lowest BCUT2D eigenvalue weighted by molar-refractivity contribution is -0.257. The summed E-state index contributed by atoms with van der Waals surface area (Å²) in [5.74, 6) is -0.160. The van der Waals surface area contributed by atoms with E-state index in [1.165, 1.54) is 0 Å². The summed E-state index contributed by atoms with van der Waals surface area (Å²) in [6.07, 6.45) is -2.11. The minimum absolute atomic E-state index is 0.160. The van der Waals surface area contributed by atoms with Crippen molar-refractivity contribution in [2.24, 2.45) is 5.92 Å². The van der Waals surface area contributed by atoms with Gasteiger partial charge in [-0.15, -0.1) is 0 Å². The second-order valence-corrected chi connectivity index (χ2v) is 7.83. The van der Waals surface area contributed by atoms with Gasteiger partial charge in [0.2, 0.25) is 0 Å². The van der Waals surface area contributed by atoms with E-state index in [-0.39, 0.29) is 54.7 Å². The first-order valence-electron chi connectivity index (χ1n) is 10.8. The Kier molecular flexibility index (Phi) is 15.1. The number of ether oxygens (including phenoxy) is 10. The lowest BCUT2D eigenvalue weighted by Gasteiger charge is -2.47. The standard InChI is InChI=1S/C22H44O10/c1-23-11-16(26-4)14(19(28-6)17(27-5)12-24-2)10-15-20(29-7)22(31-9)21(30-8)18(32-15)13-25-3/h14-22H,10-13H2,1-9H3/t14-,15-,16-,17+,18-,19+,20+,21-,22-/m1/s1. The fourth-order valence-corrected chi connectivity index (χ4v) is 4.68. The van der Waals surface area contributed by atoms with Crippen molar-refractivity contribution in [3.05, 3.63) is 0 Å². The lowest BCUT2D eigenvalue weighted by atomic mass is 9.82. The molecule has 1 aliphatic rings. The Morgan fingerprint density at radius 2 is 1.12 bits per heavy atom. The maximum absolute atomic E-state index is 6.46. The second kappa shape index (κ2) is 16.3. The lowest BCUT2D eigenvalue weighted by Crippen LogP contribution is -2.61. The highest BCUT2D eigenvalue weighted by molar-refractivity contribution is 4.97. The number of methoxy groups -OCH3 is 9. The molecule has 9 atom stereocenters. The highest BCUT2D eigenvalue weighted by Crippen LogP contribution is 2.34. The van der Waals surface area contributed by atoms with Crippen molar-refractivity contribution >= 4 is 0 Å². The van der Waals surface area contributed by atoms with Crippen molar-refractivity contribution in [1.82, 2.24) is 0 Å². The zero-order valence-electron chi connectivity index (χ0n) is 21.1. The molecule has 0 amide bonds. The SMILES string of the molecule is COC[C@H](OC)[C@@H](OC)[C@H](C[C@H]1O[C@H](COC)[C@@H](OC)[C@H](OC)[C@H]1OC)[C@@H](COC)OC. The van der Waals surface area contributed by atoms with E-state index in [4.69, 9.17) is 47.4 Å². The first kappa shape index (κ1) is 29.6. The molecule has 10 heteroatoms. The van der Waals surface area contributed by atoms with E-state index < -0.39 is 0 Å². The molecule has 0 aliphatic carbocycles. The summed E-state index contributed by atoms with van der Waals surface area (Å²) in [5.41, 5.74) is 0. The predicted octanol–water partition coefficient (Wildman–Crippen LogP) is 0.789. The van der Waals surface area contributed by atoms with Gasteiger partial charge in [0.25, 0.3) is 0 Å². The molecule has 192 valence electrons. The van der Waals surface area contributed by atoms with Gasteiger partial charge >= 0.3 is 0 Å². The molecule has 1 heterocycles. The van der Waals surface area contributed by atoms with Gasteiger partial charge in [0, 0.05) is 69.9 Å². The molecule has 0 aromatic rings. The zero-order chi connectivity index (χ0) is 24.1. The predicted molar refractivity (Wildman–Crippen MR) is 117 cm³/mol. The maximum atomic E-state index is 6.46. The maximum Gasteiger partial charge on any atom is 0.115 e. The van der Waals surface area contributed by atoms with E-state index >= 15 is 0 Å². The minimum atomic E-state index is -0.374. The molecule has 0 unspecified atom stereocenters. The molecular formula is C22H44O10. The normalized spacial score (nSPS) is 30.1. The fraction of sp³-hybridized carbons (Fsp3) is 1.00. The van der Waals surface area contributed by atoms with E-state index in [9.17, 15) is 0 Å². The number of hydrogen-bond acceptors (Lipinski definition) is 10. The van der Waals surface area contributed by atoms with Crippen molar-refractivity contribution in [2.45, 2.75) is 55.3 Å². The average molecular weight is 469 g/mol. The van der Waals surface area contributed by atoms with Crippen LogP contribution in [0.4, 0.5) is 0 Å². The summed E-state index contributed by atoms with van der Waals surface area (Å²) >= 11 is 0. The van der Waals surface area contributed by atoms with Gasteiger partial charge in [-0.25, -0.2) is 0 Å². The van der Waals surface area contributed by atoms with Crippen LogP contribution in [0.2, 0.25) is 0 Å². The summed E-state index contributed by atoms with van der Waals surface area (Å²) in [6, 6.07) is 0. The van der Waals surface area contributed by atoms with Crippen LogP contribution in [0.5, 0.6) is 0 Å². The van der Waals surface area contributed by atoms with Crippen LogP contribution in [0.25, 0.3) is 0 Å². The highest BCUT2D eigenvalue weighted by atomic mass is 16.6. The molecule has 0 aromatic carbocycles. The highest BCUT2D eigenvalue weighted by Gasteiger charge is 2.49. The van der Waals surface area contributed by atoms with Crippen molar-refractivity contribution in [2.75, 3.05) is 83.8 Å². The van der Waals surface area contributed by atoms with Crippen LogP contribution in [-0.4, -0.2) is 133 Å². The Morgan fingerprint density at radius 3 is 1.56 bits per heavy atom. The van der Waals surface area contributed by atoms with Crippen LogP contribution in [0.3, 0.4) is 0 Å². The molecule has 1 fully saturated rings. The van der Waals surface area contributed by atoms with Crippen molar-refractivity contribution in [3.63, 3.8) is 0 Å². The van der Waals surface area contributed by atoms with E-state index in [0.717, 1.165) is 0 Å². The summed E-state index contributed by atoms with van der Waals surface area (Å²) < 4.78 is 57.4. The van der Waals surface area contributed by atoms with E-state index in [0.29, 0.717) is 26.2 Å². The van der Waals surface area contributed by atoms with Gasteiger partial charge in [0.1, 0.15) is 30.5 Å². The third-order valence-electron chi connectivity index (χ3n) is 6.19. The van der Waals surface area contributed by atoms with Crippen LogP contribution in [-0.2, 0) is 47.4 Å². The molecule has 0 spiro atoms. The van der Waals surface area contributed by atoms with Crippen molar-refractivity contribution in [3.8, 4) is 0 Å². The number of hydrogen-bond donors (Lipinski definition) is 0. The van der Waals surface area contributed by atoms with Gasteiger partial charge in [0.15, 0.2) is 0 Å². The van der Waals surface area contributed by atoms with Crippen LogP contribution < -0.4 is 0 Å². The Hall–Kier alpha value is -0.400. The van der Waals surface area contributed by atoms with Gasteiger partial charge in [-0.05, 0) is 6.42 Å². The summed E-state index contributed by atoms with van der Waals surface area (Å²) in [6.45, 7) is 1.11. The minimum Gasteiger partial charge on any atom is -0.382 e. The topological polar surface area (TPSA) is 92.3 Å². The molecule has 1 rings (SSSR count). The molecule has 10 nitrogen and oxygen atoms in total. The van der Waals surface area contributed by atoms with Gasteiger partial charge in [-0.3, -0.25) is 0 Å². The third kappa shape index (κ3) is 7.56. The summed E-state index contributed by atoms with van der Waals surface area (Å²) in [7, 11) is 14.8. The quantitative estimate of drug-likeness (QED) is 0.305. The molecule has 0 aromatic heterocycles. The zero-order valence-corrected chi connectivity index (χ0v) is 21.1. The first-order chi connectivity index (χ1) is 15.5. The smallest absolute Gasteiger partial charge is 0.115 e. The molecular weight excluding hydrogens is 424 g/mol. The largest absolute Gasteiger partial charge is 0.382 e. The Morgan fingerprint density at radius 1 is 0.594 bits per heavy atom. The number of rotatable bonds is 17. The van der Waals surface area contributed by atoms with Crippen LogP contribution in [0.15, 0.2) is 0 Å². The van der Waals surface area contributed by atoms with Crippen molar-refractivity contribution in [1.29, 1.82) is 0 Å². The average Bonchev–Trinajstić information content (AvgIpc) is 2.81. The Balaban J connectivity index is 3.30. The summed E-state index contributed by atoms with van der Waals surface area (Å²) in [4.78, 5) is 0. The van der Waals surface area contributed by atoms with Crippen LogP contribution >= 0.6 is 0 Å². The van der Waals surface area contributed by atoms with Crippen LogP contribution in [0.1, 0.15) is 6.42 Å². The van der Waals surface area contributed by atoms with Crippen molar-refractivity contribution < 1.29 is 47.4 Å². The molecule has 0 saturated carbocycles. The molecule has 32 heavy (non-hydrogen) atoms.